The number of hydrogen-bond acceptors (Lipinski definition) is 6. The number of hydrogen-bond donors (Lipinski definition) is 2. The van der Waals surface area contributed by atoms with E-state index in [9.17, 15) is 4.79 Å². The minimum Gasteiger partial charge on any atom is -0.360 e. The van der Waals surface area contributed by atoms with Crippen LogP contribution in [0.5, 0.6) is 0 Å². The summed E-state index contributed by atoms with van der Waals surface area (Å²) in [5.41, 5.74) is 5.42. The number of aryl methyl sites for hydroxylation is 2. The van der Waals surface area contributed by atoms with Crippen LogP contribution in [0.1, 0.15) is 22.7 Å². The summed E-state index contributed by atoms with van der Waals surface area (Å²) in [6.45, 7) is 5.77. The zero-order valence-corrected chi connectivity index (χ0v) is 14.0. The summed E-state index contributed by atoms with van der Waals surface area (Å²) in [6, 6.07) is 3.84. The van der Waals surface area contributed by atoms with Gasteiger partial charge in [0.1, 0.15) is 16.5 Å². The molecule has 0 amide bonds. The van der Waals surface area contributed by atoms with Crippen LogP contribution in [0.4, 0.5) is 5.69 Å². The monoisotopic (exact) mass is 346 g/mol. The van der Waals surface area contributed by atoms with E-state index in [-0.39, 0.29) is 5.02 Å². The van der Waals surface area contributed by atoms with E-state index in [1.807, 2.05) is 37.5 Å². The number of nitrogens with zero attached hydrogens (tertiary/aromatic N) is 4. The van der Waals surface area contributed by atoms with E-state index in [4.69, 9.17) is 16.1 Å². The van der Waals surface area contributed by atoms with Crippen LogP contribution >= 0.6 is 11.6 Å². The third-order valence-electron chi connectivity index (χ3n) is 3.50. The first-order valence-corrected chi connectivity index (χ1v) is 7.50. The second-order valence-electron chi connectivity index (χ2n) is 5.25. The summed E-state index contributed by atoms with van der Waals surface area (Å²) < 4.78 is 7.10. The first-order valence-electron chi connectivity index (χ1n) is 7.12. The van der Waals surface area contributed by atoms with Crippen LogP contribution < -0.4 is 11.0 Å². The van der Waals surface area contributed by atoms with Gasteiger partial charge < -0.3 is 4.52 Å². The Labute approximate surface area is 142 Å². The summed E-state index contributed by atoms with van der Waals surface area (Å²) in [4.78, 5) is 11.4. The molecule has 0 aliphatic heterocycles. The van der Waals surface area contributed by atoms with Crippen molar-refractivity contribution in [2.75, 3.05) is 5.43 Å². The fourth-order valence-corrected chi connectivity index (χ4v) is 2.50. The van der Waals surface area contributed by atoms with E-state index in [0.717, 1.165) is 28.5 Å². The summed E-state index contributed by atoms with van der Waals surface area (Å²) >= 11 is 5.88. The van der Waals surface area contributed by atoms with Gasteiger partial charge >= 0.3 is 0 Å². The van der Waals surface area contributed by atoms with Gasteiger partial charge in [-0.1, -0.05) is 16.8 Å². The van der Waals surface area contributed by atoms with E-state index in [1.165, 1.54) is 6.20 Å². The molecule has 3 aromatic rings. The van der Waals surface area contributed by atoms with Crippen LogP contribution in [0.25, 0.3) is 5.82 Å². The molecule has 8 nitrogen and oxygen atoms in total. The van der Waals surface area contributed by atoms with Crippen LogP contribution in [0.2, 0.25) is 5.02 Å². The lowest BCUT2D eigenvalue weighted by Gasteiger charge is -2.04. The van der Waals surface area contributed by atoms with Crippen molar-refractivity contribution in [2.45, 2.75) is 20.8 Å². The first-order chi connectivity index (χ1) is 11.5. The van der Waals surface area contributed by atoms with Gasteiger partial charge in [0.05, 0.1) is 12.4 Å². The quantitative estimate of drug-likeness (QED) is 0.558. The average molecular weight is 347 g/mol. The number of H-pyrrole nitrogens is 1. The Balaban J connectivity index is 1.86. The Bertz CT molecular complexity index is 969. The predicted molar refractivity (Wildman–Crippen MR) is 91.1 cm³/mol. The van der Waals surface area contributed by atoms with E-state index in [2.05, 4.69) is 25.9 Å². The van der Waals surface area contributed by atoms with Gasteiger partial charge in [-0.15, -0.1) is 0 Å². The lowest BCUT2D eigenvalue weighted by Crippen LogP contribution is -2.10. The zero-order valence-electron chi connectivity index (χ0n) is 13.3. The molecule has 0 radical (unpaired) electrons. The normalized spacial score (nSPS) is 11.3. The SMILES string of the molecule is Cc1cc(-n2c(C)cc(/C=N\Nc3cn[nH]c(=O)c3Cl)c2C)no1. The summed E-state index contributed by atoms with van der Waals surface area (Å²) in [6.07, 6.45) is 3.03. The number of nitrogens with one attached hydrogen (secondary N) is 2. The number of anilines is 1. The van der Waals surface area contributed by atoms with Gasteiger partial charge in [0.2, 0.25) is 0 Å². The molecule has 9 heteroatoms. The molecule has 0 bridgehead atoms. The Morgan fingerprint density at radius 1 is 1.38 bits per heavy atom. The van der Waals surface area contributed by atoms with Crippen LogP contribution in [0.3, 0.4) is 0 Å². The maximum Gasteiger partial charge on any atom is 0.285 e. The highest BCUT2D eigenvalue weighted by molar-refractivity contribution is 6.32. The van der Waals surface area contributed by atoms with Crippen molar-refractivity contribution in [1.29, 1.82) is 0 Å². The summed E-state index contributed by atoms with van der Waals surface area (Å²) in [7, 11) is 0. The number of aromatic amines is 1. The van der Waals surface area contributed by atoms with Gasteiger partial charge in [-0.2, -0.15) is 10.2 Å². The summed E-state index contributed by atoms with van der Waals surface area (Å²) in [5.74, 6) is 1.46. The Morgan fingerprint density at radius 3 is 2.88 bits per heavy atom. The molecule has 0 saturated carbocycles. The fourth-order valence-electron chi connectivity index (χ4n) is 2.36. The van der Waals surface area contributed by atoms with Crippen LogP contribution in [-0.2, 0) is 0 Å². The molecular formula is C15H15ClN6O2. The molecule has 0 atom stereocenters. The minimum atomic E-state index is -0.476. The maximum absolute atomic E-state index is 11.4. The van der Waals surface area contributed by atoms with Gasteiger partial charge in [0, 0.05) is 23.0 Å². The molecule has 3 aromatic heterocycles. The molecule has 3 rings (SSSR count). The molecule has 2 N–H and O–H groups in total. The minimum absolute atomic E-state index is 0.00527. The Morgan fingerprint density at radius 2 is 2.17 bits per heavy atom. The highest BCUT2D eigenvalue weighted by atomic mass is 35.5. The van der Waals surface area contributed by atoms with Gasteiger partial charge in [0.25, 0.3) is 5.56 Å². The van der Waals surface area contributed by atoms with Crippen molar-refractivity contribution < 1.29 is 4.52 Å². The molecule has 24 heavy (non-hydrogen) atoms. The number of rotatable bonds is 4. The smallest absolute Gasteiger partial charge is 0.285 e. The highest BCUT2D eigenvalue weighted by Crippen LogP contribution is 2.20. The molecule has 0 aliphatic rings. The maximum atomic E-state index is 11.4. The molecule has 124 valence electrons. The van der Waals surface area contributed by atoms with E-state index < -0.39 is 5.56 Å². The van der Waals surface area contributed by atoms with Crippen molar-refractivity contribution in [3.05, 3.63) is 56.4 Å². The van der Waals surface area contributed by atoms with E-state index in [0.29, 0.717) is 5.69 Å². The third-order valence-corrected chi connectivity index (χ3v) is 3.87. The third kappa shape index (κ3) is 2.95. The van der Waals surface area contributed by atoms with Gasteiger partial charge in [-0.25, -0.2) is 5.10 Å². The molecule has 0 fully saturated rings. The molecule has 0 spiro atoms. The van der Waals surface area contributed by atoms with Crippen molar-refractivity contribution >= 4 is 23.5 Å². The van der Waals surface area contributed by atoms with Gasteiger partial charge in [0.15, 0.2) is 5.82 Å². The predicted octanol–water partition coefficient (Wildman–Crippen LogP) is 2.57. The number of hydrazone groups is 1. The van der Waals surface area contributed by atoms with Crippen LogP contribution in [0, 0.1) is 20.8 Å². The Hall–Kier alpha value is -2.87. The lowest BCUT2D eigenvalue weighted by atomic mass is 10.3. The standard InChI is InChI=1S/C15H15ClN6O2/c1-8-4-11(10(3)22(8)13-5-9(2)24-21-13)6-17-19-12-7-18-20-15(23)14(12)16/h4-7H,1-3H3,(H2,19,20,23)/b17-6-. The average Bonchev–Trinajstić information content (AvgIpc) is 3.07. The van der Waals surface area contributed by atoms with Gasteiger partial charge in [-0.3, -0.25) is 14.8 Å². The number of halogens is 1. The van der Waals surface area contributed by atoms with E-state index in [1.54, 1.807) is 6.21 Å². The van der Waals surface area contributed by atoms with Crippen molar-refractivity contribution in [1.82, 2.24) is 19.9 Å². The van der Waals surface area contributed by atoms with Crippen molar-refractivity contribution in [3.63, 3.8) is 0 Å². The number of aromatic nitrogens is 4. The van der Waals surface area contributed by atoms with Crippen molar-refractivity contribution in [3.8, 4) is 5.82 Å². The second kappa shape index (κ2) is 6.32. The van der Waals surface area contributed by atoms with Crippen LogP contribution in [0.15, 0.2) is 32.7 Å². The van der Waals surface area contributed by atoms with Gasteiger partial charge in [-0.05, 0) is 26.8 Å². The fraction of sp³-hybridized carbons (Fsp3) is 0.200. The molecule has 0 unspecified atom stereocenters. The van der Waals surface area contributed by atoms with E-state index >= 15 is 0 Å². The molecule has 0 aromatic carbocycles. The zero-order chi connectivity index (χ0) is 17.3. The molecular weight excluding hydrogens is 332 g/mol. The summed E-state index contributed by atoms with van der Waals surface area (Å²) in [5, 5.41) is 14.1. The van der Waals surface area contributed by atoms with Crippen LogP contribution in [-0.4, -0.2) is 26.1 Å². The topological polar surface area (TPSA) is 101 Å². The highest BCUT2D eigenvalue weighted by Gasteiger charge is 2.12. The lowest BCUT2D eigenvalue weighted by molar-refractivity contribution is 0.394. The molecule has 0 aliphatic carbocycles. The first kappa shape index (κ1) is 16.0. The largest absolute Gasteiger partial charge is 0.360 e. The molecule has 3 heterocycles. The molecule has 0 saturated heterocycles. The second-order valence-corrected chi connectivity index (χ2v) is 5.63. The van der Waals surface area contributed by atoms with Crippen molar-refractivity contribution in [2.24, 2.45) is 5.10 Å². The Kier molecular flexibility index (Phi) is 4.22.